The third-order valence-corrected chi connectivity index (χ3v) is 4.02. The fourth-order valence-corrected chi connectivity index (χ4v) is 2.64. The molecule has 1 unspecified atom stereocenters. The summed E-state index contributed by atoms with van der Waals surface area (Å²) in [6.07, 6.45) is 17.1. The first-order chi connectivity index (χ1) is 7.81. The molecule has 1 atom stereocenters. The average molecular weight is 244 g/mol. The van der Waals surface area contributed by atoms with Gasteiger partial charge in [0.25, 0.3) is 0 Å². The van der Waals surface area contributed by atoms with Crippen LogP contribution in [0.2, 0.25) is 0 Å². The maximum absolute atomic E-state index is 3.05. The van der Waals surface area contributed by atoms with Gasteiger partial charge in [-0.1, -0.05) is 78.1 Å². The summed E-state index contributed by atoms with van der Waals surface area (Å²) >= 11 is 0. The molecule has 0 nitrogen and oxygen atoms in total. The van der Waals surface area contributed by atoms with E-state index in [2.05, 4.69) is 23.1 Å². The first-order valence-corrected chi connectivity index (χ1v) is 8.23. The third-order valence-electron chi connectivity index (χ3n) is 3.36. The van der Waals surface area contributed by atoms with Crippen molar-refractivity contribution in [2.75, 3.05) is 0 Å². The van der Waals surface area contributed by atoms with E-state index < -0.39 is 0 Å². The van der Waals surface area contributed by atoms with Crippen molar-refractivity contribution in [1.82, 2.24) is 0 Å². The molecule has 0 saturated heterocycles. The standard InChI is InChI=1S/C15H33P/c1-3-5-7-9-11-13-15(16)14-12-10-8-6-4-2/h15H,3-14,16H2,1-2H3. The smallest absolute Gasteiger partial charge is 0.0264 e. The van der Waals surface area contributed by atoms with Crippen LogP contribution in [0.4, 0.5) is 0 Å². The van der Waals surface area contributed by atoms with Crippen LogP contribution in [0.1, 0.15) is 90.9 Å². The highest BCUT2D eigenvalue weighted by Crippen LogP contribution is 2.19. The molecule has 0 amide bonds. The Morgan fingerprint density at radius 2 is 1.00 bits per heavy atom. The van der Waals surface area contributed by atoms with Crippen molar-refractivity contribution in [2.45, 2.75) is 96.6 Å². The first kappa shape index (κ1) is 16.4. The molecule has 0 aromatic heterocycles. The molecule has 16 heavy (non-hydrogen) atoms. The molecule has 1 heteroatoms. The summed E-state index contributed by atoms with van der Waals surface area (Å²) in [5.41, 5.74) is 0.892. The highest BCUT2D eigenvalue weighted by atomic mass is 31.0. The minimum absolute atomic E-state index is 0.892. The van der Waals surface area contributed by atoms with Crippen LogP contribution >= 0.6 is 9.24 Å². The van der Waals surface area contributed by atoms with E-state index in [1.54, 1.807) is 0 Å². The van der Waals surface area contributed by atoms with Gasteiger partial charge in [-0.3, -0.25) is 0 Å². The fourth-order valence-electron chi connectivity index (χ4n) is 2.16. The van der Waals surface area contributed by atoms with Gasteiger partial charge in [0.2, 0.25) is 0 Å². The molecule has 0 radical (unpaired) electrons. The highest BCUT2D eigenvalue weighted by molar-refractivity contribution is 7.17. The van der Waals surface area contributed by atoms with E-state index in [1.807, 2.05) is 0 Å². The van der Waals surface area contributed by atoms with Gasteiger partial charge in [0.1, 0.15) is 0 Å². The maximum atomic E-state index is 3.05. The summed E-state index contributed by atoms with van der Waals surface area (Å²) in [6, 6.07) is 0. The zero-order valence-electron chi connectivity index (χ0n) is 11.6. The molecule has 0 aliphatic heterocycles. The Morgan fingerprint density at radius 1 is 0.625 bits per heavy atom. The van der Waals surface area contributed by atoms with E-state index >= 15 is 0 Å². The van der Waals surface area contributed by atoms with Crippen molar-refractivity contribution < 1.29 is 0 Å². The van der Waals surface area contributed by atoms with Gasteiger partial charge in [0.05, 0.1) is 0 Å². The van der Waals surface area contributed by atoms with E-state index in [9.17, 15) is 0 Å². The summed E-state index contributed by atoms with van der Waals surface area (Å²) in [5, 5.41) is 0. The van der Waals surface area contributed by atoms with Gasteiger partial charge in [-0.2, -0.15) is 0 Å². The van der Waals surface area contributed by atoms with E-state index in [0.717, 1.165) is 5.66 Å². The summed E-state index contributed by atoms with van der Waals surface area (Å²) in [4.78, 5) is 0. The van der Waals surface area contributed by atoms with Crippen molar-refractivity contribution in [3.05, 3.63) is 0 Å². The number of rotatable bonds is 12. The summed E-state index contributed by atoms with van der Waals surface area (Å²) in [5.74, 6) is 0. The predicted molar refractivity (Wildman–Crippen MR) is 80.3 cm³/mol. The predicted octanol–water partition coefficient (Wildman–Crippen LogP) is 5.95. The summed E-state index contributed by atoms with van der Waals surface area (Å²) in [7, 11) is 3.05. The average Bonchev–Trinajstić information content (AvgIpc) is 2.28. The lowest BCUT2D eigenvalue weighted by Gasteiger charge is -2.10. The van der Waals surface area contributed by atoms with E-state index in [4.69, 9.17) is 0 Å². The van der Waals surface area contributed by atoms with Crippen LogP contribution in [0.5, 0.6) is 0 Å². The van der Waals surface area contributed by atoms with Gasteiger partial charge in [-0.25, -0.2) is 0 Å². The van der Waals surface area contributed by atoms with Gasteiger partial charge in [0.15, 0.2) is 0 Å². The Morgan fingerprint density at radius 3 is 1.38 bits per heavy atom. The molecule has 0 aromatic rings. The molecule has 0 aliphatic rings. The van der Waals surface area contributed by atoms with Gasteiger partial charge in [-0.05, 0) is 18.5 Å². The lowest BCUT2D eigenvalue weighted by molar-refractivity contribution is 0.551. The van der Waals surface area contributed by atoms with E-state index in [-0.39, 0.29) is 0 Å². The van der Waals surface area contributed by atoms with Crippen LogP contribution in [0, 0.1) is 0 Å². The quantitative estimate of drug-likeness (QED) is 0.294. The van der Waals surface area contributed by atoms with Crippen LogP contribution in [0.25, 0.3) is 0 Å². The van der Waals surface area contributed by atoms with Crippen LogP contribution < -0.4 is 0 Å². The normalized spacial score (nSPS) is 11.2. The molecule has 0 bridgehead atoms. The second kappa shape index (κ2) is 13.5. The zero-order valence-corrected chi connectivity index (χ0v) is 12.8. The fraction of sp³-hybridized carbons (Fsp3) is 1.00. The van der Waals surface area contributed by atoms with Gasteiger partial charge in [0, 0.05) is 0 Å². The first-order valence-electron chi connectivity index (χ1n) is 7.56. The minimum atomic E-state index is 0.892. The topological polar surface area (TPSA) is 0 Å². The molecule has 0 fully saturated rings. The molecular weight excluding hydrogens is 211 g/mol. The SMILES string of the molecule is CCCCCCCC(P)CCCCCCC. The molecular formula is C15H33P. The van der Waals surface area contributed by atoms with Crippen molar-refractivity contribution >= 4 is 9.24 Å². The largest absolute Gasteiger partial charge is 0.134 e. The molecule has 0 spiro atoms. The Balaban J connectivity index is 3.09. The van der Waals surface area contributed by atoms with Crippen LogP contribution in [-0.4, -0.2) is 5.66 Å². The van der Waals surface area contributed by atoms with Crippen LogP contribution in [-0.2, 0) is 0 Å². The molecule has 0 aromatic carbocycles. The molecule has 0 N–H and O–H groups in total. The Bertz CT molecular complexity index is 109. The second-order valence-corrected chi connectivity index (χ2v) is 6.11. The van der Waals surface area contributed by atoms with Crippen molar-refractivity contribution in [3.8, 4) is 0 Å². The number of unbranched alkanes of at least 4 members (excludes halogenated alkanes) is 8. The van der Waals surface area contributed by atoms with E-state index in [1.165, 1.54) is 77.0 Å². The van der Waals surface area contributed by atoms with Crippen molar-refractivity contribution in [1.29, 1.82) is 0 Å². The van der Waals surface area contributed by atoms with Gasteiger partial charge in [-0.15, -0.1) is 9.24 Å². The van der Waals surface area contributed by atoms with Crippen molar-refractivity contribution in [3.63, 3.8) is 0 Å². The lowest BCUT2D eigenvalue weighted by Crippen LogP contribution is -1.97. The van der Waals surface area contributed by atoms with Gasteiger partial charge < -0.3 is 0 Å². The number of hydrogen-bond donors (Lipinski definition) is 0. The van der Waals surface area contributed by atoms with Crippen LogP contribution in [0.15, 0.2) is 0 Å². The minimum Gasteiger partial charge on any atom is -0.134 e. The lowest BCUT2D eigenvalue weighted by atomic mass is 10.0. The zero-order chi connectivity index (χ0) is 12.1. The summed E-state index contributed by atoms with van der Waals surface area (Å²) in [6.45, 7) is 4.57. The molecule has 0 rings (SSSR count). The van der Waals surface area contributed by atoms with Gasteiger partial charge >= 0.3 is 0 Å². The monoisotopic (exact) mass is 244 g/mol. The maximum Gasteiger partial charge on any atom is -0.0264 e. The summed E-state index contributed by atoms with van der Waals surface area (Å²) < 4.78 is 0. The second-order valence-electron chi connectivity index (χ2n) is 5.17. The Kier molecular flexibility index (Phi) is 13.9. The molecule has 0 heterocycles. The molecule has 98 valence electrons. The molecule has 0 saturated carbocycles. The Labute approximate surface area is 106 Å². The van der Waals surface area contributed by atoms with Crippen LogP contribution in [0.3, 0.4) is 0 Å². The third kappa shape index (κ3) is 12.5. The number of hydrogen-bond acceptors (Lipinski definition) is 0. The van der Waals surface area contributed by atoms with Crippen molar-refractivity contribution in [2.24, 2.45) is 0 Å². The molecule has 0 aliphatic carbocycles. The van der Waals surface area contributed by atoms with E-state index in [0.29, 0.717) is 0 Å². The Hall–Kier alpha value is 0.430. The highest BCUT2D eigenvalue weighted by Gasteiger charge is 2.01.